The third-order valence-electron chi connectivity index (χ3n) is 3.97. The molecule has 0 saturated carbocycles. The molecule has 0 amide bonds. The highest BCUT2D eigenvalue weighted by Crippen LogP contribution is 2.25. The molecular formula is C17H15N5O. The molecule has 0 aliphatic rings. The number of hydrogen-bond acceptors (Lipinski definition) is 3. The predicted molar refractivity (Wildman–Crippen MR) is 88.7 cm³/mol. The van der Waals surface area contributed by atoms with Gasteiger partial charge >= 0.3 is 0 Å². The number of hydrogen-bond donors (Lipinski definition) is 2. The summed E-state index contributed by atoms with van der Waals surface area (Å²) in [6, 6.07) is 5.93. The van der Waals surface area contributed by atoms with Gasteiger partial charge in [-0.3, -0.25) is 4.79 Å². The van der Waals surface area contributed by atoms with Gasteiger partial charge in [-0.15, -0.1) is 0 Å². The van der Waals surface area contributed by atoms with E-state index in [-0.39, 0.29) is 5.56 Å². The highest BCUT2D eigenvalue weighted by atomic mass is 16.1. The number of aromatic amines is 2. The van der Waals surface area contributed by atoms with E-state index in [0.29, 0.717) is 11.4 Å². The SMILES string of the molecule is Cc1cc[nH]c(=O)c1-c1nc2c(C)cc(-n3ccnc3)cc2[nH]1. The Morgan fingerprint density at radius 3 is 2.78 bits per heavy atom. The van der Waals surface area contributed by atoms with Gasteiger partial charge in [-0.1, -0.05) is 0 Å². The summed E-state index contributed by atoms with van der Waals surface area (Å²) in [5.41, 5.74) is 5.13. The zero-order valence-electron chi connectivity index (χ0n) is 12.8. The molecule has 0 aliphatic heterocycles. The summed E-state index contributed by atoms with van der Waals surface area (Å²) in [6.45, 7) is 3.91. The molecular weight excluding hydrogens is 290 g/mol. The lowest BCUT2D eigenvalue weighted by molar-refractivity contribution is 1.06. The summed E-state index contributed by atoms with van der Waals surface area (Å²) in [4.78, 5) is 26.8. The lowest BCUT2D eigenvalue weighted by Gasteiger charge is -2.03. The van der Waals surface area contributed by atoms with Crippen LogP contribution in [0.2, 0.25) is 0 Å². The summed E-state index contributed by atoms with van der Waals surface area (Å²) in [5, 5.41) is 0. The number of pyridine rings is 1. The molecule has 0 saturated heterocycles. The van der Waals surface area contributed by atoms with Gasteiger partial charge in [0.15, 0.2) is 0 Å². The van der Waals surface area contributed by atoms with Crippen LogP contribution in [0.4, 0.5) is 0 Å². The van der Waals surface area contributed by atoms with Crippen molar-refractivity contribution < 1.29 is 0 Å². The van der Waals surface area contributed by atoms with Crippen molar-refractivity contribution in [1.29, 1.82) is 0 Å². The molecule has 6 heteroatoms. The van der Waals surface area contributed by atoms with Crippen molar-refractivity contribution >= 4 is 11.0 Å². The first kappa shape index (κ1) is 13.5. The van der Waals surface area contributed by atoms with Crippen LogP contribution in [0.3, 0.4) is 0 Å². The van der Waals surface area contributed by atoms with Crippen molar-refractivity contribution in [3.63, 3.8) is 0 Å². The van der Waals surface area contributed by atoms with Crippen LogP contribution in [-0.4, -0.2) is 24.5 Å². The van der Waals surface area contributed by atoms with E-state index in [9.17, 15) is 4.79 Å². The van der Waals surface area contributed by atoms with E-state index >= 15 is 0 Å². The van der Waals surface area contributed by atoms with Crippen LogP contribution in [0.1, 0.15) is 11.1 Å². The highest BCUT2D eigenvalue weighted by Gasteiger charge is 2.13. The monoisotopic (exact) mass is 305 g/mol. The van der Waals surface area contributed by atoms with Crippen LogP contribution in [-0.2, 0) is 0 Å². The quantitative estimate of drug-likeness (QED) is 0.597. The van der Waals surface area contributed by atoms with E-state index < -0.39 is 0 Å². The molecule has 3 aromatic heterocycles. The third-order valence-corrected chi connectivity index (χ3v) is 3.97. The van der Waals surface area contributed by atoms with Crippen LogP contribution < -0.4 is 5.56 Å². The van der Waals surface area contributed by atoms with Crippen molar-refractivity contribution in [3.8, 4) is 17.1 Å². The molecule has 0 spiro atoms. The van der Waals surface area contributed by atoms with E-state index in [1.807, 2.05) is 36.7 Å². The van der Waals surface area contributed by atoms with Crippen molar-refractivity contribution in [2.75, 3.05) is 0 Å². The van der Waals surface area contributed by atoms with Crippen molar-refractivity contribution in [2.45, 2.75) is 13.8 Å². The number of imidazole rings is 2. The predicted octanol–water partition coefficient (Wildman–Crippen LogP) is 2.72. The van der Waals surface area contributed by atoms with Gasteiger partial charge in [-0.2, -0.15) is 0 Å². The maximum Gasteiger partial charge on any atom is 0.259 e. The van der Waals surface area contributed by atoms with Crippen LogP contribution >= 0.6 is 0 Å². The second kappa shape index (κ2) is 4.95. The molecule has 2 N–H and O–H groups in total. The summed E-state index contributed by atoms with van der Waals surface area (Å²) in [6.07, 6.45) is 7.03. The number of rotatable bonds is 2. The van der Waals surface area contributed by atoms with Crippen LogP contribution in [0, 0.1) is 13.8 Å². The average molecular weight is 305 g/mol. The normalized spacial score (nSPS) is 11.2. The van der Waals surface area contributed by atoms with Crippen LogP contribution in [0.15, 0.2) is 47.9 Å². The lowest BCUT2D eigenvalue weighted by atomic mass is 10.1. The zero-order valence-corrected chi connectivity index (χ0v) is 12.8. The Morgan fingerprint density at radius 1 is 1.17 bits per heavy atom. The summed E-state index contributed by atoms with van der Waals surface area (Å²) >= 11 is 0. The van der Waals surface area contributed by atoms with E-state index in [0.717, 1.165) is 27.8 Å². The fourth-order valence-corrected chi connectivity index (χ4v) is 2.82. The van der Waals surface area contributed by atoms with Gasteiger partial charge in [0.2, 0.25) is 0 Å². The lowest BCUT2D eigenvalue weighted by Crippen LogP contribution is -2.10. The number of nitrogens with zero attached hydrogens (tertiary/aromatic N) is 3. The minimum atomic E-state index is -0.142. The van der Waals surface area contributed by atoms with Crippen molar-refractivity contribution in [3.05, 3.63) is 64.6 Å². The van der Waals surface area contributed by atoms with E-state index in [1.54, 1.807) is 18.7 Å². The summed E-state index contributed by atoms with van der Waals surface area (Å²) in [7, 11) is 0. The molecule has 0 radical (unpaired) electrons. The van der Waals surface area contributed by atoms with Crippen molar-refractivity contribution in [1.82, 2.24) is 24.5 Å². The Labute approximate surface area is 131 Å². The first-order chi connectivity index (χ1) is 11.1. The van der Waals surface area contributed by atoms with E-state index in [1.165, 1.54) is 0 Å². The van der Waals surface area contributed by atoms with Gasteiger partial charge < -0.3 is 14.5 Å². The first-order valence-electron chi connectivity index (χ1n) is 7.31. The van der Waals surface area contributed by atoms with Crippen LogP contribution in [0.5, 0.6) is 0 Å². The molecule has 0 unspecified atom stereocenters. The largest absolute Gasteiger partial charge is 0.338 e. The molecule has 0 bridgehead atoms. The smallest absolute Gasteiger partial charge is 0.259 e. The second-order valence-corrected chi connectivity index (χ2v) is 5.58. The number of H-pyrrole nitrogens is 2. The number of fused-ring (bicyclic) bond motifs is 1. The second-order valence-electron chi connectivity index (χ2n) is 5.58. The average Bonchev–Trinajstić information content (AvgIpc) is 3.16. The third kappa shape index (κ3) is 2.15. The molecule has 0 fully saturated rings. The number of benzene rings is 1. The highest BCUT2D eigenvalue weighted by molar-refractivity contribution is 5.84. The van der Waals surface area contributed by atoms with E-state index in [4.69, 9.17) is 0 Å². The van der Waals surface area contributed by atoms with Gasteiger partial charge in [0.25, 0.3) is 5.56 Å². The Bertz CT molecular complexity index is 1060. The van der Waals surface area contributed by atoms with Gasteiger partial charge in [0, 0.05) is 24.3 Å². The Kier molecular flexibility index (Phi) is 2.90. The minimum absolute atomic E-state index is 0.142. The zero-order chi connectivity index (χ0) is 16.0. The topological polar surface area (TPSA) is 79.4 Å². The Hall–Kier alpha value is -3.15. The van der Waals surface area contributed by atoms with Gasteiger partial charge in [0.05, 0.1) is 22.9 Å². The van der Waals surface area contributed by atoms with E-state index in [2.05, 4.69) is 26.0 Å². The molecule has 3 heterocycles. The molecule has 6 nitrogen and oxygen atoms in total. The molecule has 23 heavy (non-hydrogen) atoms. The number of aromatic nitrogens is 5. The molecule has 114 valence electrons. The van der Waals surface area contributed by atoms with Crippen LogP contribution in [0.25, 0.3) is 28.1 Å². The molecule has 0 aliphatic carbocycles. The standard InChI is InChI=1S/C17H15N5O/c1-10-3-4-19-17(23)14(10)16-20-13-8-12(22-6-5-18-9-22)7-11(2)15(13)21-16/h3-9H,1-2H3,(H,19,23)(H,20,21). The Balaban J connectivity index is 1.95. The van der Waals surface area contributed by atoms with Gasteiger partial charge in [-0.25, -0.2) is 9.97 Å². The molecule has 1 aromatic carbocycles. The van der Waals surface area contributed by atoms with Gasteiger partial charge in [-0.05, 0) is 43.2 Å². The summed E-state index contributed by atoms with van der Waals surface area (Å²) < 4.78 is 1.94. The summed E-state index contributed by atoms with van der Waals surface area (Å²) in [5.74, 6) is 0.588. The fourth-order valence-electron chi connectivity index (χ4n) is 2.82. The van der Waals surface area contributed by atoms with Crippen molar-refractivity contribution in [2.24, 2.45) is 0 Å². The number of nitrogens with one attached hydrogen (secondary N) is 2. The number of aryl methyl sites for hydroxylation is 2. The maximum absolute atomic E-state index is 12.1. The minimum Gasteiger partial charge on any atom is -0.338 e. The Morgan fingerprint density at radius 2 is 2.04 bits per heavy atom. The molecule has 4 rings (SSSR count). The molecule has 0 atom stereocenters. The van der Waals surface area contributed by atoms with Gasteiger partial charge in [0.1, 0.15) is 5.82 Å². The maximum atomic E-state index is 12.1. The molecule has 4 aromatic rings. The first-order valence-corrected chi connectivity index (χ1v) is 7.31. The fraction of sp³-hybridized carbons (Fsp3) is 0.118.